The molecule has 0 amide bonds. The van der Waals surface area contributed by atoms with Crippen LogP contribution >= 0.6 is 0 Å². The van der Waals surface area contributed by atoms with Gasteiger partial charge in [0.25, 0.3) is 0 Å². The van der Waals surface area contributed by atoms with Crippen LogP contribution in [0.15, 0.2) is 17.0 Å². The van der Waals surface area contributed by atoms with E-state index in [1.807, 2.05) is 0 Å². The van der Waals surface area contributed by atoms with Crippen molar-refractivity contribution in [1.29, 1.82) is 0 Å². The first kappa shape index (κ1) is 15.3. The van der Waals surface area contributed by atoms with Crippen LogP contribution in [0.1, 0.15) is 12.0 Å². The summed E-state index contributed by atoms with van der Waals surface area (Å²) < 4.78 is 58.4. The van der Waals surface area contributed by atoms with Crippen LogP contribution in [0.25, 0.3) is 0 Å². The average Bonchev–Trinajstić information content (AvgIpc) is 2.70. The minimum absolute atomic E-state index is 0.0666. The van der Waals surface area contributed by atoms with E-state index in [1.165, 1.54) is 0 Å². The van der Waals surface area contributed by atoms with Crippen molar-refractivity contribution in [2.24, 2.45) is 5.73 Å². The topological polar surface area (TPSA) is 72.6 Å². The molecule has 2 N–H and O–H groups in total. The molecular weight excluding hydrogens is 290 g/mol. The Balaban J connectivity index is 2.45. The van der Waals surface area contributed by atoms with E-state index in [-0.39, 0.29) is 31.8 Å². The fraction of sp³-hybridized carbons (Fsp3) is 0.500. The number of hydrogen-bond donors (Lipinski definition) is 1. The second-order valence-corrected chi connectivity index (χ2v) is 6.37. The van der Waals surface area contributed by atoms with Crippen molar-refractivity contribution in [2.45, 2.75) is 17.9 Å². The minimum Gasteiger partial charge on any atom is -0.380 e. The zero-order valence-electron chi connectivity index (χ0n) is 10.8. The van der Waals surface area contributed by atoms with E-state index in [0.717, 1.165) is 16.4 Å². The maximum Gasteiger partial charge on any atom is 0.246 e. The molecule has 1 heterocycles. The van der Waals surface area contributed by atoms with Crippen molar-refractivity contribution < 1.29 is 21.9 Å². The van der Waals surface area contributed by atoms with Crippen LogP contribution < -0.4 is 5.73 Å². The predicted octanol–water partition coefficient (Wildman–Crippen LogP) is 0.835. The number of hydrogen-bond acceptors (Lipinski definition) is 4. The highest BCUT2D eigenvalue weighted by atomic mass is 32.2. The van der Waals surface area contributed by atoms with E-state index in [9.17, 15) is 17.2 Å². The molecule has 1 fully saturated rings. The third kappa shape index (κ3) is 2.98. The molecule has 0 saturated carbocycles. The van der Waals surface area contributed by atoms with Gasteiger partial charge in [0.05, 0.1) is 6.61 Å². The first-order valence-electron chi connectivity index (χ1n) is 6.22. The summed E-state index contributed by atoms with van der Waals surface area (Å²) in [5, 5.41) is 0. The SMILES string of the molecule is NCc1cc(F)c(F)c(S(=O)(=O)N2CCCOCC2)c1. The Kier molecular flexibility index (Phi) is 4.69. The molecule has 8 heteroatoms. The smallest absolute Gasteiger partial charge is 0.246 e. The number of halogens is 2. The zero-order valence-corrected chi connectivity index (χ0v) is 11.6. The molecule has 20 heavy (non-hydrogen) atoms. The van der Waals surface area contributed by atoms with E-state index >= 15 is 0 Å². The summed E-state index contributed by atoms with van der Waals surface area (Å²) in [6, 6.07) is 1.99. The molecule has 0 atom stereocenters. The van der Waals surface area contributed by atoms with Crippen LogP contribution in [-0.4, -0.2) is 39.0 Å². The Hall–Kier alpha value is -1.09. The standard InChI is InChI=1S/C12H16F2N2O3S/c13-10-6-9(8-15)7-11(12(10)14)20(17,18)16-2-1-4-19-5-3-16/h6-7H,1-5,8,15H2. The second kappa shape index (κ2) is 6.13. The molecule has 1 aromatic carbocycles. The number of rotatable bonds is 3. The third-order valence-corrected chi connectivity index (χ3v) is 4.99. The lowest BCUT2D eigenvalue weighted by Crippen LogP contribution is -2.34. The maximum absolute atomic E-state index is 13.8. The summed E-state index contributed by atoms with van der Waals surface area (Å²) in [4.78, 5) is -0.667. The van der Waals surface area contributed by atoms with Gasteiger partial charge < -0.3 is 10.5 Å². The zero-order chi connectivity index (χ0) is 14.8. The molecule has 1 saturated heterocycles. The highest BCUT2D eigenvalue weighted by Crippen LogP contribution is 2.24. The highest BCUT2D eigenvalue weighted by Gasteiger charge is 2.30. The van der Waals surface area contributed by atoms with E-state index in [0.29, 0.717) is 13.0 Å². The van der Waals surface area contributed by atoms with Gasteiger partial charge >= 0.3 is 0 Å². The molecule has 0 radical (unpaired) electrons. The van der Waals surface area contributed by atoms with Gasteiger partial charge in [-0.15, -0.1) is 0 Å². The molecule has 112 valence electrons. The molecular formula is C12H16F2N2O3S. The van der Waals surface area contributed by atoms with Crippen molar-refractivity contribution in [3.63, 3.8) is 0 Å². The quantitative estimate of drug-likeness (QED) is 0.898. The lowest BCUT2D eigenvalue weighted by Gasteiger charge is -2.20. The molecule has 2 rings (SSSR count). The molecule has 1 aliphatic heterocycles. The minimum atomic E-state index is -4.09. The van der Waals surface area contributed by atoms with E-state index in [1.54, 1.807) is 0 Å². The van der Waals surface area contributed by atoms with Crippen LogP contribution in [0.4, 0.5) is 8.78 Å². The monoisotopic (exact) mass is 306 g/mol. The van der Waals surface area contributed by atoms with Gasteiger partial charge in [-0.05, 0) is 24.1 Å². The average molecular weight is 306 g/mol. The largest absolute Gasteiger partial charge is 0.380 e. The number of sulfonamides is 1. The molecule has 5 nitrogen and oxygen atoms in total. The Bertz CT molecular complexity index is 585. The Morgan fingerprint density at radius 3 is 2.70 bits per heavy atom. The molecule has 0 bridgehead atoms. The number of nitrogens with zero attached hydrogens (tertiary/aromatic N) is 1. The summed E-state index contributed by atoms with van der Waals surface area (Å²) in [5.74, 6) is -2.58. The number of benzene rings is 1. The van der Waals surface area contributed by atoms with Crippen LogP contribution in [0.3, 0.4) is 0 Å². The summed E-state index contributed by atoms with van der Waals surface area (Å²) >= 11 is 0. The van der Waals surface area contributed by atoms with Crippen LogP contribution in [0, 0.1) is 11.6 Å². The molecule has 0 aromatic heterocycles. The van der Waals surface area contributed by atoms with Crippen LogP contribution in [0.2, 0.25) is 0 Å². The fourth-order valence-corrected chi connectivity index (χ4v) is 3.61. The Morgan fingerprint density at radius 2 is 2.00 bits per heavy atom. The van der Waals surface area contributed by atoms with Gasteiger partial charge in [0.2, 0.25) is 10.0 Å². The van der Waals surface area contributed by atoms with Crippen molar-refractivity contribution in [3.8, 4) is 0 Å². The summed E-state index contributed by atoms with van der Waals surface area (Å²) in [7, 11) is -4.09. The lowest BCUT2D eigenvalue weighted by atomic mass is 10.2. The van der Waals surface area contributed by atoms with Gasteiger partial charge in [-0.1, -0.05) is 0 Å². The summed E-state index contributed by atoms with van der Waals surface area (Å²) in [6.07, 6.45) is 0.514. The predicted molar refractivity (Wildman–Crippen MR) is 68.4 cm³/mol. The van der Waals surface area contributed by atoms with Gasteiger partial charge in [-0.25, -0.2) is 17.2 Å². The van der Waals surface area contributed by atoms with Crippen LogP contribution in [0.5, 0.6) is 0 Å². The van der Waals surface area contributed by atoms with E-state index in [2.05, 4.69) is 0 Å². The second-order valence-electron chi connectivity index (χ2n) is 4.46. The van der Waals surface area contributed by atoms with Gasteiger partial charge in [0.15, 0.2) is 11.6 Å². The number of ether oxygens (including phenoxy) is 1. The highest BCUT2D eigenvalue weighted by molar-refractivity contribution is 7.89. The van der Waals surface area contributed by atoms with Gasteiger partial charge in [0, 0.05) is 26.2 Å². The normalized spacial score (nSPS) is 17.9. The molecule has 0 unspecified atom stereocenters. The van der Waals surface area contributed by atoms with Gasteiger partial charge in [-0.2, -0.15) is 4.31 Å². The first-order chi connectivity index (χ1) is 9.46. The molecule has 0 spiro atoms. The Morgan fingerprint density at radius 1 is 1.25 bits per heavy atom. The van der Waals surface area contributed by atoms with Crippen LogP contribution in [-0.2, 0) is 21.3 Å². The lowest BCUT2D eigenvalue weighted by molar-refractivity contribution is 0.148. The Labute approximate surface area is 116 Å². The first-order valence-corrected chi connectivity index (χ1v) is 7.66. The molecule has 1 aromatic rings. The van der Waals surface area contributed by atoms with Crippen molar-refractivity contribution in [1.82, 2.24) is 4.31 Å². The van der Waals surface area contributed by atoms with E-state index < -0.39 is 26.6 Å². The summed E-state index contributed by atoms with van der Waals surface area (Å²) in [6.45, 7) is 0.959. The van der Waals surface area contributed by atoms with Gasteiger partial charge in [-0.3, -0.25) is 0 Å². The fourth-order valence-electron chi connectivity index (χ4n) is 2.03. The number of nitrogens with two attached hydrogens (primary N) is 1. The van der Waals surface area contributed by atoms with Crippen molar-refractivity contribution in [3.05, 3.63) is 29.3 Å². The van der Waals surface area contributed by atoms with Crippen molar-refractivity contribution >= 4 is 10.0 Å². The van der Waals surface area contributed by atoms with Crippen molar-refractivity contribution in [2.75, 3.05) is 26.3 Å². The maximum atomic E-state index is 13.8. The molecule has 1 aliphatic rings. The van der Waals surface area contributed by atoms with E-state index in [4.69, 9.17) is 10.5 Å². The molecule has 0 aliphatic carbocycles. The third-order valence-electron chi connectivity index (χ3n) is 3.09. The van der Waals surface area contributed by atoms with Gasteiger partial charge in [0.1, 0.15) is 4.90 Å². The summed E-state index contributed by atoms with van der Waals surface area (Å²) in [5.41, 5.74) is 5.60.